The molecule has 2 aliphatic rings. The molecule has 2 heterocycles. The Bertz CT molecular complexity index is 1100. The molecule has 0 saturated carbocycles. The minimum Gasteiger partial charge on any atom is -0.461 e. The van der Waals surface area contributed by atoms with E-state index >= 15 is 0 Å². The summed E-state index contributed by atoms with van der Waals surface area (Å²) in [6.45, 7) is 7.86. The zero-order chi connectivity index (χ0) is 30.0. The summed E-state index contributed by atoms with van der Waals surface area (Å²) in [5.74, 6) is 1.71. The van der Waals surface area contributed by atoms with Gasteiger partial charge in [-0.2, -0.15) is 0 Å². The fraction of sp³-hybridized carbons (Fsp3) is 0.613. The van der Waals surface area contributed by atoms with E-state index in [-0.39, 0.29) is 36.9 Å². The monoisotopic (exact) mass is 587 g/mol. The third kappa shape index (κ3) is 10.9. The average Bonchev–Trinajstić information content (AvgIpc) is 2.94. The molecule has 9 nitrogen and oxygen atoms in total. The summed E-state index contributed by atoms with van der Waals surface area (Å²) in [5, 5.41) is 3.36. The number of carbonyl (C=O) groups is 4. The molecule has 0 unspecified atom stereocenters. The number of ether oxygens (including phenoxy) is 2. The van der Waals surface area contributed by atoms with E-state index in [0.29, 0.717) is 50.0 Å². The molecule has 41 heavy (non-hydrogen) atoms. The zero-order valence-corrected chi connectivity index (χ0v) is 25.1. The molecule has 0 spiro atoms. The quantitative estimate of drug-likeness (QED) is 0.335. The van der Waals surface area contributed by atoms with Crippen LogP contribution >= 0.6 is 11.6 Å². The van der Waals surface area contributed by atoms with Crippen molar-refractivity contribution in [3.05, 3.63) is 34.9 Å². The number of likely N-dealkylation sites (tertiary alicyclic amines) is 2. The highest BCUT2D eigenvalue weighted by Crippen LogP contribution is 2.25. The molecule has 0 radical (unpaired) electrons. The molecule has 1 aromatic rings. The van der Waals surface area contributed by atoms with Gasteiger partial charge in [0.25, 0.3) is 0 Å². The first-order valence-corrected chi connectivity index (χ1v) is 14.7. The van der Waals surface area contributed by atoms with Crippen LogP contribution in [0.5, 0.6) is 0 Å². The number of benzene rings is 1. The molecule has 224 valence electrons. The standard InChI is InChI=1S/C31H42ClN3O6/c1-5-26(19-28(37)40-21-23-8-11-25(32)12-9-23)33-29(38)24-7-6-16-35(20-24)27(36)13-10-22-14-17-34(18-15-22)30(39)41-31(2,3)4/h1,8-9,11-12,22,24,26H,6-7,10,13-21H2,2-4H3,(H,33,38)/t24-,26-/m1/s1. The van der Waals surface area contributed by atoms with Gasteiger partial charge < -0.3 is 24.6 Å². The van der Waals surface area contributed by atoms with Gasteiger partial charge in [0, 0.05) is 37.6 Å². The Kier molecular flexibility index (Phi) is 11.9. The predicted molar refractivity (Wildman–Crippen MR) is 156 cm³/mol. The van der Waals surface area contributed by atoms with E-state index in [1.165, 1.54) is 0 Å². The van der Waals surface area contributed by atoms with E-state index in [1.807, 2.05) is 20.8 Å². The van der Waals surface area contributed by atoms with Gasteiger partial charge in [0.15, 0.2) is 0 Å². The maximum absolute atomic E-state index is 13.0. The van der Waals surface area contributed by atoms with Crippen molar-refractivity contribution in [3.8, 4) is 12.3 Å². The number of amides is 3. The highest BCUT2D eigenvalue weighted by atomic mass is 35.5. The van der Waals surface area contributed by atoms with Gasteiger partial charge in [-0.3, -0.25) is 14.4 Å². The van der Waals surface area contributed by atoms with Gasteiger partial charge in [-0.1, -0.05) is 29.7 Å². The molecular formula is C31H42ClN3O6. The van der Waals surface area contributed by atoms with Crippen LogP contribution in [0.25, 0.3) is 0 Å². The second-order valence-electron chi connectivity index (χ2n) is 11.8. The third-order valence-electron chi connectivity index (χ3n) is 7.38. The number of halogens is 1. The molecular weight excluding hydrogens is 546 g/mol. The lowest BCUT2D eigenvalue weighted by Crippen LogP contribution is -2.47. The highest BCUT2D eigenvalue weighted by molar-refractivity contribution is 6.30. The number of piperidine rings is 2. The van der Waals surface area contributed by atoms with Crippen molar-refractivity contribution < 1.29 is 28.7 Å². The first-order valence-electron chi connectivity index (χ1n) is 14.4. The Morgan fingerprint density at radius 2 is 1.76 bits per heavy atom. The largest absolute Gasteiger partial charge is 0.461 e. The Labute approximate surface area is 248 Å². The third-order valence-corrected chi connectivity index (χ3v) is 7.63. The van der Waals surface area contributed by atoms with E-state index in [2.05, 4.69) is 11.2 Å². The smallest absolute Gasteiger partial charge is 0.410 e. The van der Waals surface area contributed by atoms with Crippen LogP contribution in [0, 0.1) is 24.2 Å². The molecule has 0 aliphatic carbocycles. The Morgan fingerprint density at radius 1 is 1.07 bits per heavy atom. The summed E-state index contributed by atoms with van der Waals surface area (Å²) < 4.78 is 10.7. The van der Waals surface area contributed by atoms with Crippen molar-refractivity contribution in [2.24, 2.45) is 11.8 Å². The summed E-state index contributed by atoms with van der Waals surface area (Å²) in [7, 11) is 0. The second kappa shape index (κ2) is 15.1. The summed E-state index contributed by atoms with van der Waals surface area (Å²) >= 11 is 5.87. The van der Waals surface area contributed by atoms with Gasteiger partial charge >= 0.3 is 12.1 Å². The fourth-order valence-electron chi connectivity index (χ4n) is 5.05. The number of nitrogens with one attached hydrogen (secondary N) is 1. The van der Waals surface area contributed by atoms with Crippen LogP contribution in [0.2, 0.25) is 5.02 Å². The lowest BCUT2D eigenvalue weighted by Gasteiger charge is -2.34. The number of esters is 1. The molecule has 2 atom stereocenters. The number of carbonyl (C=O) groups excluding carboxylic acids is 4. The number of hydrogen-bond donors (Lipinski definition) is 1. The van der Waals surface area contributed by atoms with Crippen LogP contribution in [-0.2, 0) is 30.5 Å². The Morgan fingerprint density at radius 3 is 2.39 bits per heavy atom. The lowest BCUT2D eigenvalue weighted by molar-refractivity contribution is -0.145. The predicted octanol–water partition coefficient (Wildman–Crippen LogP) is 4.56. The van der Waals surface area contributed by atoms with Crippen molar-refractivity contribution in [2.75, 3.05) is 26.2 Å². The average molecular weight is 588 g/mol. The van der Waals surface area contributed by atoms with Crippen LogP contribution in [0.15, 0.2) is 24.3 Å². The van der Waals surface area contributed by atoms with Crippen molar-refractivity contribution >= 4 is 35.5 Å². The SMILES string of the molecule is C#C[C@H](CC(=O)OCc1ccc(Cl)cc1)NC(=O)[C@@H]1CCCN(C(=O)CCC2CCN(C(=O)OC(C)(C)C)CC2)C1. The zero-order valence-electron chi connectivity index (χ0n) is 24.3. The Balaban J connectivity index is 1.38. The Hall–Kier alpha value is -3.25. The molecule has 3 amide bonds. The molecule has 3 rings (SSSR count). The summed E-state index contributed by atoms with van der Waals surface area (Å²) in [5.41, 5.74) is 0.276. The minimum absolute atomic E-state index is 0.0383. The van der Waals surface area contributed by atoms with E-state index in [1.54, 1.807) is 34.1 Å². The number of nitrogens with zero attached hydrogens (tertiary/aromatic N) is 2. The second-order valence-corrected chi connectivity index (χ2v) is 12.3. The van der Waals surface area contributed by atoms with E-state index in [0.717, 1.165) is 31.2 Å². The lowest BCUT2D eigenvalue weighted by atomic mass is 9.91. The maximum atomic E-state index is 13.0. The van der Waals surface area contributed by atoms with Crippen molar-refractivity contribution in [2.45, 2.75) is 84.0 Å². The van der Waals surface area contributed by atoms with Crippen LogP contribution in [0.1, 0.15) is 71.3 Å². The molecule has 0 bridgehead atoms. The topological polar surface area (TPSA) is 105 Å². The summed E-state index contributed by atoms with van der Waals surface area (Å²) in [6.07, 6.45) is 9.38. The number of terminal acetylenes is 1. The summed E-state index contributed by atoms with van der Waals surface area (Å²) in [4.78, 5) is 54.0. The number of rotatable bonds is 9. The molecule has 0 aromatic heterocycles. The van der Waals surface area contributed by atoms with Crippen molar-refractivity contribution in [1.29, 1.82) is 0 Å². The van der Waals surface area contributed by atoms with Gasteiger partial charge in [0.1, 0.15) is 18.2 Å². The van der Waals surface area contributed by atoms with Gasteiger partial charge in [-0.25, -0.2) is 4.79 Å². The molecule has 2 aliphatic heterocycles. The van der Waals surface area contributed by atoms with Crippen molar-refractivity contribution in [1.82, 2.24) is 15.1 Å². The normalized spacial score (nSPS) is 18.7. The van der Waals surface area contributed by atoms with Gasteiger partial charge in [-0.05, 0) is 76.5 Å². The minimum atomic E-state index is -0.794. The van der Waals surface area contributed by atoms with E-state index < -0.39 is 17.6 Å². The number of hydrogen-bond acceptors (Lipinski definition) is 6. The fourth-order valence-corrected chi connectivity index (χ4v) is 5.17. The first-order chi connectivity index (χ1) is 19.4. The van der Waals surface area contributed by atoms with Crippen LogP contribution in [0.4, 0.5) is 4.79 Å². The molecule has 10 heteroatoms. The van der Waals surface area contributed by atoms with Gasteiger partial charge in [-0.15, -0.1) is 6.42 Å². The van der Waals surface area contributed by atoms with Crippen LogP contribution in [-0.4, -0.2) is 71.5 Å². The first kappa shape index (κ1) is 32.3. The summed E-state index contributed by atoms with van der Waals surface area (Å²) in [6, 6.07) is 6.16. The van der Waals surface area contributed by atoms with E-state index in [4.69, 9.17) is 27.5 Å². The van der Waals surface area contributed by atoms with Crippen molar-refractivity contribution in [3.63, 3.8) is 0 Å². The molecule has 2 fully saturated rings. The highest BCUT2D eigenvalue weighted by Gasteiger charge is 2.31. The molecule has 1 N–H and O–H groups in total. The molecule has 2 saturated heterocycles. The molecule has 1 aromatic carbocycles. The van der Waals surface area contributed by atoms with Gasteiger partial charge in [0.2, 0.25) is 11.8 Å². The maximum Gasteiger partial charge on any atom is 0.410 e. The van der Waals surface area contributed by atoms with Crippen LogP contribution < -0.4 is 5.32 Å². The van der Waals surface area contributed by atoms with Gasteiger partial charge in [0.05, 0.1) is 12.3 Å². The van der Waals surface area contributed by atoms with Crippen LogP contribution in [0.3, 0.4) is 0 Å². The van der Waals surface area contributed by atoms with E-state index in [9.17, 15) is 19.2 Å².